The van der Waals surface area contributed by atoms with E-state index in [1.807, 2.05) is 43.3 Å². The van der Waals surface area contributed by atoms with Crippen molar-refractivity contribution in [3.05, 3.63) is 71.8 Å². The highest BCUT2D eigenvalue weighted by Gasteiger charge is 2.47. The second-order valence-corrected chi connectivity index (χ2v) is 8.05. The molecule has 2 heterocycles. The standard InChI is InChI=1S/C24H26N2O5/c1-16(20-14-9-15-25(20)31-23(28)19-12-7-4-8-13-19)22(27)26-17(2)21(30-24(26)29)18-10-5-3-6-11-18/h3-8,10-13,16-17,20-21H,9,14-15H2,1-2H3/t16-,17+,20-,21+/m0/s1. The zero-order chi connectivity index (χ0) is 22.0. The molecule has 4 rings (SSSR count). The monoisotopic (exact) mass is 422 g/mol. The van der Waals surface area contributed by atoms with Crippen molar-refractivity contribution in [1.82, 2.24) is 9.96 Å². The van der Waals surface area contributed by atoms with Gasteiger partial charge in [-0.05, 0) is 37.5 Å². The Hall–Kier alpha value is -3.19. The highest BCUT2D eigenvalue weighted by atomic mass is 16.7. The predicted molar refractivity (Wildman–Crippen MR) is 113 cm³/mol. The van der Waals surface area contributed by atoms with E-state index in [2.05, 4.69) is 0 Å². The first-order chi connectivity index (χ1) is 15.0. The molecule has 2 aromatic rings. The molecule has 0 spiro atoms. The number of benzene rings is 2. The molecular weight excluding hydrogens is 396 g/mol. The Bertz CT molecular complexity index is 949. The van der Waals surface area contributed by atoms with E-state index in [-0.39, 0.29) is 11.9 Å². The summed E-state index contributed by atoms with van der Waals surface area (Å²) in [6, 6.07) is 17.4. The molecule has 0 aromatic heterocycles. The van der Waals surface area contributed by atoms with Gasteiger partial charge in [0, 0.05) is 6.54 Å². The Morgan fingerprint density at radius 1 is 1.06 bits per heavy atom. The first-order valence-corrected chi connectivity index (χ1v) is 10.6. The fourth-order valence-electron chi connectivity index (χ4n) is 4.34. The number of imide groups is 1. The highest BCUT2D eigenvalue weighted by Crippen LogP contribution is 2.35. The number of hydrogen-bond donors (Lipinski definition) is 0. The molecule has 2 aliphatic heterocycles. The van der Waals surface area contributed by atoms with Gasteiger partial charge in [-0.3, -0.25) is 4.79 Å². The Balaban J connectivity index is 1.45. The minimum atomic E-state index is -0.635. The molecule has 0 unspecified atom stereocenters. The second-order valence-electron chi connectivity index (χ2n) is 8.05. The van der Waals surface area contributed by atoms with Crippen molar-refractivity contribution in [2.75, 3.05) is 6.54 Å². The molecule has 2 aromatic carbocycles. The summed E-state index contributed by atoms with van der Waals surface area (Å²) in [6.07, 6.45) is 0.371. The maximum atomic E-state index is 13.3. The Morgan fingerprint density at radius 3 is 2.39 bits per heavy atom. The highest BCUT2D eigenvalue weighted by molar-refractivity contribution is 5.95. The number of cyclic esters (lactones) is 1. The predicted octanol–water partition coefficient (Wildman–Crippen LogP) is 3.97. The number of ether oxygens (including phenoxy) is 1. The van der Waals surface area contributed by atoms with Crippen LogP contribution in [0, 0.1) is 5.92 Å². The third-order valence-electron chi connectivity index (χ3n) is 6.06. The number of amides is 2. The van der Waals surface area contributed by atoms with E-state index in [0.29, 0.717) is 18.5 Å². The maximum Gasteiger partial charge on any atom is 0.417 e. The Morgan fingerprint density at radius 2 is 1.71 bits per heavy atom. The van der Waals surface area contributed by atoms with E-state index in [4.69, 9.17) is 9.57 Å². The molecule has 0 aliphatic carbocycles. The Kier molecular flexibility index (Phi) is 6.04. The van der Waals surface area contributed by atoms with E-state index in [9.17, 15) is 14.4 Å². The van der Waals surface area contributed by atoms with Gasteiger partial charge in [-0.1, -0.05) is 55.5 Å². The molecule has 7 heteroatoms. The molecule has 7 nitrogen and oxygen atoms in total. The van der Waals surface area contributed by atoms with Gasteiger partial charge in [-0.2, -0.15) is 0 Å². The third-order valence-corrected chi connectivity index (χ3v) is 6.06. The zero-order valence-corrected chi connectivity index (χ0v) is 17.6. The van der Waals surface area contributed by atoms with Gasteiger partial charge in [0.05, 0.1) is 23.6 Å². The molecule has 2 fully saturated rings. The molecule has 4 atom stereocenters. The van der Waals surface area contributed by atoms with Crippen LogP contribution in [-0.4, -0.2) is 46.6 Å². The van der Waals surface area contributed by atoms with E-state index in [1.165, 1.54) is 4.90 Å². The normalized spacial score (nSPS) is 24.6. The van der Waals surface area contributed by atoms with Crippen LogP contribution in [0.15, 0.2) is 60.7 Å². The lowest BCUT2D eigenvalue weighted by atomic mass is 9.97. The van der Waals surface area contributed by atoms with Gasteiger partial charge in [0.15, 0.2) is 0 Å². The zero-order valence-electron chi connectivity index (χ0n) is 17.6. The minimum Gasteiger partial charge on any atom is -0.439 e. The number of rotatable bonds is 5. The van der Waals surface area contributed by atoms with Crippen LogP contribution in [0.1, 0.15) is 48.7 Å². The summed E-state index contributed by atoms with van der Waals surface area (Å²) in [5, 5.41) is 1.58. The molecule has 162 valence electrons. The summed E-state index contributed by atoms with van der Waals surface area (Å²) in [4.78, 5) is 45.1. The molecule has 2 saturated heterocycles. The first kappa shape index (κ1) is 21.1. The van der Waals surface area contributed by atoms with Crippen LogP contribution < -0.4 is 0 Å². The second kappa shape index (κ2) is 8.89. The summed E-state index contributed by atoms with van der Waals surface area (Å²) < 4.78 is 5.52. The molecule has 0 radical (unpaired) electrons. The molecule has 2 amide bonds. The van der Waals surface area contributed by atoms with Crippen LogP contribution in [0.2, 0.25) is 0 Å². The van der Waals surface area contributed by atoms with Crippen molar-refractivity contribution >= 4 is 18.0 Å². The smallest absolute Gasteiger partial charge is 0.417 e. The van der Waals surface area contributed by atoms with Crippen LogP contribution in [0.5, 0.6) is 0 Å². The van der Waals surface area contributed by atoms with E-state index >= 15 is 0 Å². The molecule has 0 saturated carbocycles. The number of carbonyl (C=O) groups excluding carboxylic acids is 3. The maximum absolute atomic E-state index is 13.3. The number of hydrogen-bond acceptors (Lipinski definition) is 6. The van der Waals surface area contributed by atoms with Gasteiger partial charge >= 0.3 is 12.1 Å². The number of hydroxylamine groups is 2. The van der Waals surface area contributed by atoms with Crippen molar-refractivity contribution in [2.45, 2.75) is 44.9 Å². The molecular formula is C24H26N2O5. The lowest BCUT2D eigenvalue weighted by Gasteiger charge is -2.30. The van der Waals surface area contributed by atoms with Crippen molar-refractivity contribution in [3.8, 4) is 0 Å². The first-order valence-electron chi connectivity index (χ1n) is 10.6. The number of carbonyl (C=O) groups is 3. The largest absolute Gasteiger partial charge is 0.439 e. The molecule has 2 aliphatic rings. The lowest BCUT2D eigenvalue weighted by molar-refractivity contribution is -0.150. The third kappa shape index (κ3) is 4.18. The van der Waals surface area contributed by atoms with Gasteiger partial charge in [0.1, 0.15) is 6.10 Å². The number of nitrogens with zero attached hydrogens (tertiary/aromatic N) is 2. The summed E-state index contributed by atoms with van der Waals surface area (Å²) >= 11 is 0. The Labute approximate surface area is 181 Å². The minimum absolute atomic E-state index is 0.295. The summed E-state index contributed by atoms with van der Waals surface area (Å²) in [7, 11) is 0. The summed E-state index contributed by atoms with van der Waals surface area (Å²) in [5.74, 6) is -1.30. The summed E-state index contributed by atoms with van der Waals surface area (Å²) in [5.41, 5.74) is 1.31. The van der Waals surface area contributed by atoms with Crippen molar-refractivity contribution in [1.29, 1.82) is 0 Å². The van der Waals surface area contributed by atoms with Crippen LogP contribution in [0.3, 0.4) is 0 Å². The molecule has 0 bridgehead atoms. The van der Waals surface area contributed by atoms with E-state index in [1.54, 1.807) is 36.3 Å². The molecule has 0 N–H and O–H groups in total. The van der Waals surface area contributed by atoms with Crippen molar-refractivity contribution < 1.29 is 24.0 Å². The quantitative estimate of drug-likeness (QED) is 0.726. The van der Waals surface area contributed by atoms with Crippen LogP contribution in [0.4, 0.5) is 4.79 Å². The van der Waals surface area contributed by atoms with Gasteiger partial charge in [-0.25, -0.2) is 14.5 Å². The van der Waals surface area contributed by atoms with E-state index < -0.39 is 30.1 Å². The van der Waals surface area contributed by atoms with E-state index in [0.717, 1.165) is 12.0 Å². The average Bonchev–Trinajstić information content (AvgIpc) is 3.37. The molecule has 31 heavy (non-hydrogen) atoms. The van der Waals surface area contributed by atoms with Gasteiger partial charge in [-0.15, -0.1) is 5.06 Å². The van der Waals surface area contributed by atoms with Gasteiger partial charge < -0.3 is 9.57 Å². The van der Waals surface area contributed by atoms with Crippen LogP contribution >= 0.6 is 0 Å². The summed E-state index contributed by atoms with van der Waals surface area (Å²) in [6.45, 7) is 4.14. The van der Waals surface area contributed by atoms with Crippen LogP contribution in [-0.2, 0) is 14.4 Å². The van der Waals surface area contributed by atoms with Gasteiger partial charge in [0.25, 0.3) is 0 Å². The van der Waals surface area contributed by atoms with Crippen molar-refractivity contribution in [2.24, 2.45) is 5.92 Å². The van der Waals surface area contributed by atoms with Crippen molar-refractivity contribution in [3.63, 3.8) is 0 Å². The van der Waals surface area contributed by atoms with Crippen LogP contribution in [0.25, 0.3) is 0 Å². The van der Waals surface area contributed by atoms with Gasteiger partial charge in [0.2, 0.25) is 5.91 Å². The fraction of sp³-hybridized carbons (Fsp3) is 0.375. The average molecular weight is 422 g/mol. The lowest BCUT2D eigenvalue weighted by Crippen LogP contribution is -2.47. The topological polar surface area (TPSA) is 76.2 Å². The fourth-order valence-corrected chi connectivity index (χ4v) is 4.34. The SMILES string of the molecule is C[C@H](C(=O)N1C(=O)O[C@@H](c2ccccc2)[C@H]1C)[C@@H]1CCCN1OC(=O)c1ccccc1.